The molecule has 0 atom stereocenters. The molecular weight excluding hydrogens is 356 g/mol. The Kier molecular flexibility index (Phi) is 4.77. The van der Waals surface area contributed by atoms with Crippen LogP contribution in [0.4, 0.5) is 0 Å². The van der Waals surface area contributed by atoms with Gasteiger partial charge in [-0.3, -0.25) is 0 Å². The summed E-state index contributed by atoms with van der Waals surface area (Å²) in [7, 11) is 3.98. The van der Waals surface area contributed by atoms with Gasteiger partial charge in [0, 0.05) is 0 Å². The zero-order chi connectivity index (χ0) is 9.28. The molecule has 0 radical (unpaired) electrons. The van der Waals surface area contributed by atoms with Crippen molar-refractivity contribution in [3.63, 3.8) is 0 Å². The fourth-order valence-corrected chi connectivity index (χ4v) is 27.7. The van der Waals surface area contributed by atoms with Crippen LogP contribution >= 0.6 is 8.58 Å². The molecule has 0 aliphatic carbocycles. The molecule has 0 aromatic rings. The molecule has 0 bridgehead atoms. The second kappa shape index (κ2) is 4.18. The van der Waals surface area contributed by atoms with E-state index in [1.807, 2.05) is 0 Å². The zero-order valence-electron chi connectivity index (χ0n) is 8.33. The third kappa shape index (κ3) is 4.36. The second-order valence-corrected chi connectivity index (χ2v) is 21.6. The standard InChI is InChI=1S/C6H18NSi2.ClH.Hf/c1-8(2,3)7-9(4,5)6;;/h1-6H3;1H;/q-1;;+2/p-1. The molecule has 0 spiro atoms. The SMILES string of the molecule is C[Si](C)(C)[N]([Hf][Cl])[Si](C)(C)C. The topological polar surface area (TPSA) is 3.24 Å². The first-order chi connectivity index (χ1) is 4.69. The molecular formula is C6H18ClHfNSi2. The van der Waals surface area contributed by atoms with Gasteiger partial charge < -0.3 is 0 Å². The Bertz CT molecular complexity index is 116. The fourth-order valence-electron chi connectivity index (χ4n) is 1.26. The van der Waals surface area contributed by atoms with Crippen LogP contribution in [0.25, 0.3) is 0 Å². The minimum atomic E-state index is -1.07. The molecule has 0 amide bonds. The third-order valence-electron chi connectivity index (χ3n) is 1.43. The van der Waals surface area contributed by atoms with Crippen molar-refractivity contribution < 1.29 is 22.0 Å². The summed E-state index contributed by atoms with van der Waals surface area (Å²) < 4.78 is 2.74. The fraction of sp³-hybridized carbons (Fsp3) is 1.00. The van der Waals surface area contributed by atoms with Crippen molar-refractivity contribution in [1.29, 1.82) is 0 Å². The molecule has 66 valence electrons. The van der Waals surface area contributed by atoms with E-state index in [4.69, 9.17) is 8.58 Å². The van der Waals surface area contributed by atoms with Crippen LogP contribution in [0.5, 0.6) is 0 Å². The first-order valence-corrected chi connectivity index (χ1v) is 16.8. The molecule has 0 aromatic carbocycles. The summed E-state index contributed by atoms with van der Waals surface area (Å²) in [6.07, 6.45) is 0. The Morgan fingerprint density at radius 1 is 0.909 bits per heavy atom. The summed E-state index contributed by atoms with van der Waals surface area (Å²) in [5.41, 5.74) is 0. The summed E-state index contributed by atoms with van der Waals surface area (Å²) in [6.45, 7) is 14.4. The van der Waals surface area contributed by atoms with Crippen molar-refractivity contribution in [2.45, 2.75) is 39.3 Å². The molecule has 0 aliphatic rings. The van der Waals surface area contributed by atoms with Gasteiger partial charge in [0.1, 0.15) is 0 Å². The molecule has 0 unspecified atom stereocenters. The molecule has 5 heteroatoms. The Labute approximate surface area is 88.0 Å². The number of hydrogen-bond donors (Lipinski definition) is 0. The predicted molar refractivity (Wildman–Crippen MR) is 54.4 cm³/mol. The first-order valence-electron chi connectivity index (χ1n) is 3.86. The van der Waals surface area contributed by atoms with Gasteiger partial charge in [0.05, 0.1) is 0 Å². The molecule has 0 fully saturated rings. The second-order valence-electron chi connectivity index (χ2n) is 4.76. The Balaban J connectivity index is 4.43. The minimum absolute atomic E-state index is 0.917. The number of hydrogen-bond acceptors (Lipinski definition) is 1. The van der Waals surface area contributed by atoms with Gasteiger partial charge >= 0.3 is 88.6 Å². The first kappa shape index (κ1) is 12.6. The van der Waals surface area contributed by atoms with Gasteiger partial charge in [-0.25, -0.2) is 0 Å². The molecule has 0 aliphatic heterocycles. The van der Waals surface area contributed by atoms with Gasteiger partial charge in [0.2, 0.25) is 0 Å². The summed E-state index contributed by atoms with van der Waals surface area (Å²) in [5.74, 6) is 0. The Morgan fingerprint density at radius 2 is 1.18 bits per heavy atom. The Morgan fingerprint density at radius 3 is 1.18 bits per heavy atom. The maximum atomic E-state index is 6.13. The van der Waals surface area contributed by atoms with Crippen molar-refractivity contribution in [3.05, 3.63) is 0 Å². The maximum absolute atomic E-state index is 6.13. The van der Waals surface area contributed by atoms with E-state index in [-0.39, 0.29) is 0 Å². The number of nitrogens with zero attached hydrogens (tertiary/aromatic N) is 1. The quantitative estimate of drug-likeness (QED) is 0.687. The molecule has 0 rings (SSSR count). The molecule has 11 heavy (non-hydrogen) atoms. The molecule has 0 aromatic heterocycles. The van der Waals surface area contributed by atoms with Gasteiger partial charge in [-0.05, 0) is 0 Å². The van der Waals surface area contributed by atoms with Crippen LogP contribution in [0.3, 0.4) is 0 Å². The van der Waals surface area contributed by atoms with Crippen LogP contribution in [0.15, 0.2) is 0 Å². The van der Waals surface area contributed by atoms with Crippen LogP contribution < -0.4 is 0 Å². The number of halogens is 1. The van der Waals surface area contributed by atoms with E-state index >= 15 is 0 Å². The summed E-state index contributed by atoms with van der Waals surface area (Å²) >= 11 is -0.917. The van der Waals surface area contributed by atoms with E-state index in [0.29, 0.717) is 0 Å². The molecule has 0 heterocycles. The van der Waals surface area contributed by atoms with Crippen molar-refractivity contribution in [3.8, 4) is 0 Å². The van der Waals surface area contributed by atoms with Crippen LogP contribution in [-0.4, -0.2) is 18.7 Å². The average molecular weight is 374 g/mol. The average Bonchev–Trinajstić information content (AvgIpc) is 1.56. The normalized spacial score (nSPS) is 13.8. The van der Waals surface area contributed by atoms with E-state index in [0.717, 1.165) is 0 Å². The number of rotatable bonds is 3. The van der Waals surface area contributed by atoms with E-state index in [9.17, 15) is 0 Å². The van der Waals surface area contributed by atoms with E-state index in [1.165, 1.54) is 0 Å². The van der Waals surface area contributed by atoms with Crippen molar-refractivity contribution >= 4 is 25.0 Å². The molecule has 0 saturated carbocycles. The molecule has 1 nitrogen and oxygen atoms in total. The molecule has 0 N–H and O–H groups in total. The summed E-state index contributed by atoms with van der Waals surface area (Å²) in [5, 5.41) is 0. The van der Waals surface area contributed by atoms with Gasteiger partial charge in [-0.1, -0.05) is 0 Å². The van der Waals surface area contributed by atoms with Crippen molar-refractivity contribution in [1.82, 2.24) is 2.22 Å². The van der Waals surface area contributed by atoms with Crippen molar-refractivity contribution in [2.75, 3.05) is 0 Å². The van der Waals surface area contributed by atoms with Crippen LogP contribution in [0, 0.1) is 0 Å². The summed E-state index contributed by atoms with van der Waals surface area (Å²) in [6, 6.07) is 0. The van der Waals surface area contributed by atoms with Gasteiger partial charge in [0.15, 0.2) is 0 Å². The Hall–Kier alpha value is 1.55. The van der Waals surface area contributed by atoms with Gasteiger partial charge in [0.25, 0.3) is 0 Å². The van der Waals surface area contributed by atoms with Crippen LogP contribution in [0.1, 0.15) is 0 Å². The predicted octanol–water partition coefficient (Wildman–Crippen LogP) is 3.11. The monoisotopic (exact) mass is 375 g/mol. The van der Waals surface area contributed by atoms with Gasteiger partial charge in [-0.2, -0.15) is 0 Å². The third-order valence-corrected chi connectivity index (χ3v) is 28.7. The van der Waals surface area contributed by atoms with Crippen molar-refractivity contribution in [2.24, 2.45) is 0 Å². The van der Waals surface area contributed by atoms with Gasteiger partial charge in [-0.15, -0.1) is 0 Å². The van der Waals surface area contributed by atoms with Crippen LogP contribution in [0.2, 0.25) is 39.3 Å². The van der Waals surface area contributed by atoms with E-state index in [2.05, 4.69) is 41.5 Å². The summed E-state index contributed by atoms with van der Waals surface area (Å²) in [4.78, 5) is 0. The molecule has 0 saturated heterocycles. The van der Waals surface area contributed by atoms with E-state index < -0.39 is 38.5 Å². The van der Waals surface area contributed by atoms with Crippen LogP contribution in [-0.2, 0) is 22.0 Å². The zero-order valence-corrected chi connectivity index (χ0v) is 14.7. The van der Waals surface area contributed by atoms with E-state index in [1.54, 1.807) is 0 Å².